The van der Waals surface area contributed by atoms with E-state index < -0.39 is 0 Å². The zero-order valence-electron chi connectivity index (χ0n) is 12.5. The van der Waals surface area contributed by atoms with Crippen LogP contribution in [0.5, 0.6) is 0 Å². The standard InChI is InChI=1S/C18H20FNS/c1-4-6-16-17(12-7-13(3)5-2)21-18(20-16)14-8-10-15(19)11-9-14/h4,7-13H,1,5-6H2,2-3H3/b12-7-. The normalized spacial score (nSPS) is 12.7. The third-order valence-corrected chi connectivity index (χ3v) is 4.49. The molecule has 2 rings (SSSR count). The highest BCUT2D eigenvalue weighted by Gasteiger charge is 2.10. The van der Waals surface area contributed by atoms with Crippen LogP contribution in [0.2, 0.25) is 0 Å². The van der Waals surface area contributed by atoms with Gasteiger partial charge in [0, 0.05) is 12.0 Å². The third kappa shape index (κ3) is 4.11. The quantitative estimate of drug-likeness (QED) is 0.620. The number of rotatable bonds is 6. The highest BCUT2D eigenvalue weighted by Crippen LogP contribution is 2.30. The maximum atomic E-state index is 13.0. The Morgan fingerprint density at radius 2 is 2.05 bits per heavy atom. The van der Waals surface area contributed by atoms with Gasteiger partial charge in [-0.15, -0.1) is 17.9 Å². The molecule has 0 saturated heterocycles. The van der Waals surface area contributed by atoms with E-state index in [9.17, 15) is 4.39 Å². The molecule has 1 nitrogen and oxygen atoms in total. The number of benzene rings is 1. The first-order valence-electron chi connectivity index (χ1n) is 7.18. The largest absolute Gasteiger partial charge is 0.240 e. The molecule has 0 aliphatic carbocycles. The summed E-state index contributed by atoms with van der Waals surface area (Å²) in [6.07, 6.45) is 8.10. The van der Waals surface area contributed by atoms with Crippen molar-refractivity contribution in [2.24, 2.45) is 5.92 Å². The molecule has 1 atom stereocenters. The van der Waals surface area contributed by atoms with E-state index >= 15 is 0 Å². The minimum absolute atomic E-state index is 0.224. The molecule has 2 aromatic rings. The van der Waals surface area contributed by atoms with Gasteiger partial charge < -0.3 is 0 Å². The summed E-state index contributed by atoms with van der Waals surface area (Å²) in [4.78, 5) is 5.84. The molecule has 0 saturated carbocycles. The van der Waals surface area contributed by atoms with E-state index in [1.54, 1.807) is 23.5 Å². The maximum Gasteiger partial charge on any atom is 0.124 e. The summed E-state index contributed by atoms with van der Waals surface area (Å²) in [5.41, 5.74) is 1.99. The molecule has 110 valence electrons. The summed E-state index contributed by atoms with van der Waals surface area (Å²) in [5.74, 6) is 0.330. The number of aromatic nitrogens is 1. The second-order valence-electron chi connectivity index (χ2n) is 5.07. The Kier molecular flexibility index (Phi) is 5.45. The van der Waals surface area contributed by atoms with E-state index in [1.165, 1.54) is 12.1 Å². The van der Waals surface area contributed by atoms with Crippen LogP contribution in [-0.2, 0) is 6.42 Å². The molecule has 0 radical (unpaired) electrons. The van der Waals surface area contributed by atoms with E-state index in [1.807, 2.05) is 6.08 Å². The molecule has 0 aliphatic heterocycles. The molecule has 3 heteroatoms. The fraction of sp³-hybridized carbons (Fsp3) is 0.278. The lowest BCUT2D eigenvalue weighted by atomic mass is 10.1. The Morgan fingerprint density at radius 1 is 1.33 bits per heavy atom. The lowest BCUT2D eigenvalue weighted by molar-refractivity contribution is 0.628. The van der Waals surface area contributed by atoms with Crippen molar-refractivity contribution in [3.63, 3.8) is 0 Å². The van der Waals surface area contributed by atoms with Crippen LogP contribution in [0, 0.1) is 11.7 Å². The highest BCUT2D eigenvalue weighted by atomic mass is 32.1. The van der Waals surface area contributed by atoms with Gasteiger partial charge in [-0.2, -0.15) is 0 Å². The number of nitrogens with zero attached hydrogens (tertiary/aromatic N) is 1. The number of thiazole rings is 1. The monoisotopic (exact) mass is 301 g/mol. The summed E-state index contributed by atoms with van der Waals surface area (Å²) in [6.45, 7) is 8.17. The Bertz CT molecular complexity index is 625. The minimum atomic E-state index is -0.224. The van der Waals surface area contributed by atoms with Gasteiger partial charge in [0.2, 0.25) is 0 Å². The fourth-order valence-corrected chi connectivity index (χ4v) is 2.89. The predicted octanol–water partition coefficient (Wildman–Crippen LogP) is 5.74. The number of hydrogen-bond donors (Lipinski definition) is 0. The molecular weight excluding hydrogens is 281 g/mol. The van der Waals surface area contributed by atoms with E-state index in [0.29, 0.717) is 5.92 Å². The van der Waals surface area contributed by atoms with Crippen molar-refractivity contribution in [2.75, 3.05) is 0 Å². The Labute approximate surface area is 129 Å². The van der Waals surface area contributed by atoms with Crippen molar-refractivity contribution in [1.29, 1.82) is 0 Å². The van der Waals surface area contributed by atoms with Gasteiger partial charge in [0.05, 0.1) is 10.6 Å². The van der Waals surface area contributed by atoms with E-state index in [-0.39, 0.29) is 5.82 Å². The second kappa shape index (κ2) is 7.32. The maximum absolute atomic E-state index is 13.0. The smallest absolute Gasteiger partial charge is 0.124 e. The van der Waals surface area contributed by atoms with Gasteiger partial charge >= 0.3 is 0 Å². The van der Waals surface area contributed by atoms with Gasteiger partial charge in [0.25, 0.3) is 0 Å². The van der Waals surface area contributed by atoms with Crippen LogP contribution in [-0.4, -0.2) is 4.98 Å². The van der Waals surface area contributed by atoms with Crippen molar-refractivity contribution in [2.45, 2.75) is 26.7 Å². The molecule has 0 aliphatic rings. The number of halogens is 1. The zero-order valence-corrected chi connectivity index (χ0v) is 13.3. The zero-order chi connectivity index (χ0) is 15.2. The first kappa shape index (κ1) is 15.6. The van der Waals surface area contributed by atoms with Crippen LogP contribution in [0.15, 0.2) is 43.0 Å². The molecule has 1 heterocycles. The molecule has 1 aromatic heterocycles. The Balaban J connectivity index is 2.34. The van der Waals surface area contributed by atoms with Crippen LogP contribution in [0.3, 0.4) is 0 Å². The van der Waals surface area contributed by atoms with Gasteiger partial charge in [-0.05, 0) is 36.3 Å². The third-order valence-electron chi connectivity index (χ3n) is 3.38. The summed E-state index contributed by atoms with van der Waals surface area (Å²) < 4.78 is 13.0. The molecule has 0 spiro atoms. The average Bonchev–Trinajstić information content (AvgIpc) is 2.89. The minimum Gasteiger partial charge on any atom is -0.240 e. The molecule has 0 bridgehead atoms. The van der Waals surface area contributed by atoms with Gasteiger partial charge in [-0.3, -0.25) is 0 Å². The summed E-state index contributed by atoms with van der Waals surface area (Å²) >= 11 is 1.64. The van der Waals surface area contributed by atoms with Crippen LogP contribution < -0.4 is 0 Å². The van der Waals surface area contributed by atoms with Crippen molar-refractivity contribution in [3.05, 3.63) is 59.4 Å². The number of allylic oxidation sites excluding steroid dienone is 2. The fourth-order valence-electron chi connectivity index (χ4n) is 1.88. The van der Waals surface area contributed by atoms with Crippen LogP contribution in [0.1, 0.15) is 30.8 Å². The molecule has 1 aromatic carbocycles. The molecule has 0 amide bonds. The summed E-state index contributed by atoms with van der Waals surface area (Å²) in [7, 11) is 0. The van der Waals surface area contributed by atoms with Gasteiger partial charge in [0.1, 0.15) is 10.8 Å². The Hall–Kier alpha value is -1.74. The Morgan fingerprint density at radius 3 is 2.67 bits per heavy atom. The molecule has 1 unspecified atom stereocenters. The topological polar surface area (TPSA) is 12.9 Å². The lowest BCUT2D eigenvalue weighted by Gasteiger charge is -1.99. The van der Waals surface area contributed by atoms with Crippen molar-refractivity contribution < 1.29 is 4.39 Å². The van der Waals surface area contributed by atoms with Gasteiger partial charge in [-0.25, -0.2) is 9.37 Å². The molecule has 0 N–H and O–H groups in total. The van der Waals surface area contributed by atoms with Crippen LogP contribution in [0.25, 0.3) is 16.6 Å². The van der Waals surface area contributed by atoms with Crippen molar-refractivity contribution in [3.8, 4) is 10.6 Å². The van der Waals surface area contributed by atoms with E-state index in [2.05, 4.69) is 37.6 Å². The van der Waals surface area contributed by atoms with Crippen LogP contribution >= 0.6 is 11.3 Å². The van der Waals surface area contributed by atoms with Gasteiger partial charge in [-0.1, -0.05) is 32.4 Å². The first-order valence-corrected chi connectivity index (χ1v) is 8.00. The highest BCUT2D eigenvalue weighted by molar-refractivity contribution is 7.16. The van der Waals surface area contributed by atoms with Gasteiger partial charge in [0.15, 0.2) is 0 Å². The van der Waals surface area contributed by atoms with E-state index in [4.69, 9.17) is 0 Å². The molecule has 21 heavy (non-hydrogen) atoms. The average molecular weight is 301 g/mol. The lowest BCUT2D eigenvalue weighted by Crippen LogP contribution is -1.86. The van der Waals surface area contributed by atoms with Crippen molar-refractivity contribution >= 4 is 17.4 Å². The summed E-state index contributed by atoms with van der Waals surface area (Å²) in [6, 6.07) is 6.49. The predicted molar refractivity (Wildman–Crippen MR) is 89.9 cm³/mol. The van der Waals surface area contributed by atoms with Crippen LogP contribution in [0.4, 0.5) is 4.39 Å². The molecule has 0 fully saturated rings. The first-order chi connectivity index (χ1) is 10.1. The second-order valence-corrected chi connectivity index (χ2v) is 6.10. The molecular formula is C18H20FNS. The SMILES string of the molecule is C=CCc1nc(-c2ccc(F)cc2)sc1/C=C\C(C)CC. The van der Waals surface area contributed by atoms with E-state index in [0.717, 1.165) is 34.0 Å². The van der Waals surface area contributed by atoms with Crippen molar-refractivity contribution in [1.82, 2.24) is 4.98 Å². The summed E-state index contributed by atoms with van der Waals surface area (Å²) in [5, 5.41) is 0.927. The number of hydrogen-bond acceptors (Lipinski definition) is 2.